The van der Waals surface area contributed by atoms with Gasteiger partial charge in [-0.15, -0.1) is 0 Å². The normalized spacial score (nSPS) is 19.0. The van der Waals surface area contributed by atoms with Crippen LogP contribution < -0.4 is 5.73 Å². The molecule has 0 aromatic heterocycles. The number of carboxylic acids is 1. The predicted octanol–water partition coefficient (Wildman–Crippen LogP) is 3.64. The van der Waals surface area contributed by atoms with Crippen LogP contribution in [0.4, 0.5) is 0 Å². The highest BCUT2D eigenvalue weighted by Crippen LogP contribution is 2.30. The number of carbonyl (C=O) groups is 1. The molecule has 0 radical (unpaired) electrons. The second-order valence-electron chi connectivity index (χ2n) is 6.28. The molecule has 0 amide bonds. The third-order valence-corrected chi connectivity index (χ3v) is 4.65. The highest BCUT2D eigenvalue weighted by Gasteiger charge is 2.17. The Bertz CT molecular complexity index is 484. The van der Waals surface area contributed by atoms with E-state index >= 15 is 0 Å². The van der Waals surface area contributed by atoms with E-state index < -0.39 is 5.97 Å². The van der Waals surface area contributed by atoms with Crippen molar-refractivity contribution >= 4 is 5.97 Å². The van der Waals surface area contributed by atoms with Gasteiger partial charge in [0.2, 0.25) is 0 Å². The number of aliphatic carboxylic acids is 1. The van der Waals surface area contributed by atoms with Crippen molar-refractivity contribution in [3.8, 4) is 0 Å². The Morgan fingerprint density at radius 3 is 2.90 bits per heavy atom. The van der Waals surface area contributed by atoms with E-state index in [9.17, 15) is 4.79 Å². The van der Waals surface area contributed by atoms with E-state index in [1.165, 1.54) is 16.7 Å². The largest absolute Gasteiger partial charge is 0.481 e. The van der Waals surface area contributed by atoms with Crippen molar-refractivity contribution in [1.29, 1.82) is 0 Å². The number of fused-ring (bicyclic) bond motifs is 1. The Morgan fingerprint density at radius 1 is 1.38 bits per heavy atom. The lowest BCUT2D eigenvalue weighted by Crippen LogP contribution is -2.27. The summed E-state index contributed by atoms with van der Waals surface area (Å²) in [4.78, 5) is 10.6. The van der Waals surface area contributed by atoms with Crippen LogP contribution in [0.25, 0.3) is 0 Å². The maximum absolute atomic E-state index is 10.6. The van der Waals surface area contributed by atoms with Gasteiger partial charge < -0.3 is 10.8 Å². The molecule has 1 unspecified atom stereocenters. The van der Waals surface area contributed by atoms with Gasteiger partial charge in [0.05, 0.1) is 0 Å². The van der Waals surface area contributed by atoms with Gasteiger partial charge in [0.1, 0.15) is 0 Å². The SMILES string of the molecule is CCC(CCCCC(=O)O)c1ccc2c(c1)C[C@@H](N)CC2. The Kier molecular flexibility index (Phi) is 5.80. The van der Waals surface area contributed by atoms with Crippen LogP contribution in [0.5, 0.6) is 0 Å². The molecule has 1 aliphatic rings. The highest BCUT2D eigenvalue weighted by atomic mass is 16.4. The van der Waals surface area contributed by atoms with Gasteiger partial charge in [0.15, 0.2) is 0 Å². The molecule has 2 atom stereocenters. The maximum Gasteiger partial charge on any atom is 0.303 e. The van der Waals surface area contributed by atoms with Crippen LogP contribution >= 0.6 is 0 Å². The quantitative estimate of drug-likeness (QED) is 0.753. The van der Waals surface area contributed by atoms with Gasteiger partial charge in [-0.1, -0.05) is 31.5 Å². The molecule has 0 heterocycles. The van der Waals surface area contributed by atoms with Crippen molar-refractivity contribution in [3.63, 3.8) is 0 Å². The zero-order valence-corrected chi connectivity index (χ0v) is 13.0. The van der Waals surface area contributed by atoms with E-state index in [2.05, 4.69) is 25.1 Å². The van der Waals surface area contributed by atoms with Crippen LogP contribution in [0.3, 0.4) is 0 Å². The van der Waals surface area contributed by atoms with E-state index in [1.807, 2.05) is 0 Å². The maximum atomic E-state index is 10.6. The number of aryl methyl sites for hydroxylation is 1. The number of nitrogens with two attached hydrogens (primary N) is 1. The van der Waals surface area contributed by atoms with E-state index in [4.69, 9.17) is 10.8 Å². The van der Waals surface area contributed by atoms with Gasteiger partial charge >= 0.3 is 5.97 Å². The monoisotopic (exact) mass is 289 g/mol. The molecule has 0 spiro atoms. The average molecular weight is 289 g/mol. The molecule has 116 valence electrons. The molecule has 3 nitrogen and oxygen atoms in total. The fraction of sp³-hybridized carbons (Fsp3) is 0.611. The number of unbranched alkanes of at least 4 members (excludes halogenated alkanes) is 1. The Balaban J connectivity index is 1.98. The molecule has 1 aliphatic carbocycles. The summed E-state index contributed by atoms with van der Waals surface area (Å²) in [5, 5.41) is 8.70. The first kappa shape index (κ1) is 16.0. The van der Waals surface area contributed by atoms with Crippen LogP contribution in [0.15, 0.2) is 18.2 Å². The summed E-state index contributed by atoms with van der Waals surface area (Å²) in [6.45, 7) is 2.22. The van der Waals surface area contributed by atoms with Gasteiger partial charge in [0.25, 0.3) is 0 Å². The topological polar surface area (TPSA) is 63.3 Å². The number of benzene rings is 1. The Labute approximate surface area is 127 Å². The fourth-order valence-corrected chi connectivity index (χ4v) is 3.33. The van der Waals surface area contributed by atoms with E-state index in [0.29, 0.717) is 12.0 Å². The van der Waals surface area contributed by atoms with Crippen LogP contribution in [0.2, 0.25) is 0 Å². The second-order valence-corrected chi connectivity index (χ2v) is 6.28. The lowest BCUT2D eigenvalue weighted by Gasteiger charge is -2.24. The molecule has 0 aliphatic heterocycles. The summed E-state index contributed by atoms with van der Waals surface area (Å²) in [5.74, 6) is -0.145. The van der Waals surface area contributed by atoms with Crippen molar-refractivity contribution in [2.45, 2.75) is 70.3 Å². The number of hydrogen-bond donors (Lipinski definition) is 2. The predicted molar refractivity (Wildman–Crippen MR) is 85.6 cm³/mol. The van der Waals surface area contributed by atoms with Crippen molar-refractivity contribution < 1.29 is 9.90 Å². The third kappa shape index (κ3) is 4.57. The van der Waals surface area contributed by atoms with E-state index in [1.54, 1.807) is 0 Å². The molecule has 0 saturated carbocycles. The summed E-state index contributed by atoms with van der Waals surface area (Å²) in [7, 11) is 0. The third-order valence-electron chi connectivity index (χ3n) is 4.65. The molecule has 1 aromatic rings. The fourth-order valence-electron chi connectivity index (χ4n) is 3.33. The summed E-state index contributed by atoms with van der Waals surface area (Å²) in [6, 6.07) is 7.19. The molecule has 3 N–H and O–H groups in total. The number of hydrogen-bond acceptors (Lipinski definition) is 2. The minimum absolute atomic E-state index is 0.287. The summed E-state index contributed by atoms with van der Waals surface area (Å²) < 4.78 is 0. The smallest absolute Gasteiger partial charge is 0.303 e. The van der Waals surface area contributed by atoms with Crippen molar-refractivity contribution in [2.24, 2.45) is 5.73 Å². The van der Waals surface area contributed by atoms with Gasteiger partial charge in [-0.05, 0) is 61.1 Å². The first-order chi connectivity index (χ1) is 10.1. The minimum Gasteiger partial charge on any atom is -0.481 e. The zero-order valence-electron chi connectivity index (χ0n) is 13.0. The summed E-state index contributed by atoms with van der Waals surface area (Å²) in [5.41, 5.74) is 10.4. The molecule has 0 fully saturated rings. The van der Waals surface area contributed by atoms with Gasteiger partial charge in [-0.2, -0.15) is 0 Å². The van der Waals surface area contributed by atoms with Crippen molar-refractivity contribution in [1.82, 2.24) is 0 Å². The van der Waals surface area contributed by atoms with Gasteiger partial charge in [0, 0.05) is 12.5 Å². The zero-order chi connectivity index (χ0) is 15.2. The van der Waals surface area contributed by atoms with Crippen LogP contribution in [0.1, 0.15) is 68.1 Å². The molecular formula is C18H27NO2. The second kappa shape index (κ2) is 7.60. The molecule has 0 bridgehead atoms. The molecular weight excluding hydrogens is 262 g/mol. The first-order valence-electron chi connectivity index (χ1n) is 8.19. The molecule has 2 rings (SSSR count). The standard InChI is InChI=1S/C18H27NO2/c1-2-13(5-3-4-6-18(20)21)15-8-7-14-9-10-17(19)12-16(14)11-15/h7-8,11,13,17H,2-6,9-10,12,19H2,1H3,(H,20,21)/t13?,17-/m0/s1. The van der Waals surface area contributed by atoms with Crippen molar-refractivity contribution in [3.05, 3.63) is 34.9 Å². The minimum atomic E-state index is -0.689. The lowest BCUT2D eigenvalue weighted by atomic mass is 9.83. The molecule has 21 heavy (non-hydrogen) atoms. The number of carboxylic acid groups (broad SMARTS) is 1. The van der Waals surface area contributed by atoms with E-state index in [-0.39, 0.29) is 6.42 Å². The van der Waals surface area contributed by atoms with Crippen LogP contribution in [0, 0.1) is 0 Å². The summed E-state index contributed by atoms with van der Waals surface area (Å²) in [6.07, 6.45) is 7.44. The van der Waals surface area contributed by atoms with Gasteiger partial charge in [-0.25, -0.2) is 0 Å². The van der Waals surface area contributed by atoms with Crippen molar-refractivity contribution in [2.75, 3.05) is 0 Å². The van der Waals surface area contributed by atoms with E-state index in [0.717, 1.165) is 44.9 Å². The molecule has 1 aromatic carbocycles. The Hall–Kier alpha value is -1.35. The number of rotatable bonds is 7. The van der Waals surface area contributed by atoms with Crippen LogP contribution in [-0.4, -0.2) is 17.1 Å². The molecule has 3 heteroatoms. The van der Waals surface area contributed by atoms with Gasteiger partial charge in [-0.3, -0.25) is 4.79 Å². The first-order valence-corrected chi connectivity index (χ1v) is 8.19. The molecule has 0 saturated heterocycles. The Morgan fingerprint density at radius 2 is 2.19 bits per heavy atom. The van der Waals surface area contributed by atoms with Crippen LogP contribution in [-0.2, 0) is 17.6 Å². The summed E-state index contributed by atoms with van der Waals surface area (Å²) >= 11 is 0. The average Bonchev–Trinajstić information content (AvgIpc) is 2.46. The highest BCUT2D eigenvalue weighted by molar-refractivity contribution is 5.66. The lowest BCUT2D eigenvalue weighted by molar-refractivity contribution is -0.137.